The summed E-state index contributed by atoms with van der Waals surface area (Å²) in [6, 6.07) is 0. The van der Waals surface area contributed by atoms with Gasteiger partial charge in [-0.2, -0.15) is 4.89 Å². The lowest BCUT2D eigenvalue weighted by Gasteiger charge is -2.16. The summed E-state index contributed by atoms with van der Waals surface area (Å²) < 4.78 is 0. The van der Waals surface area contributed by atoms with Gasteiger partial charge in [-0.05, 0) is 6.42 Å². The standard InChI is InChI=1S/C14H27NO4/c1-4-5-6-7-8-9-10-13(16)15(2)12-11-14(17)19-18-3/h4-12H2,1-3H3. The fraction of sp³-hybridized carbons (Fsp3) is 0.857. The smallest absolute Gasteiger partial charge is 0.344 e. The average molecular weight is 273 g/mol. The summed E-state index contributed by atoms with van der Waals surface area (Å²) in [5, 5.41) is 0. The highest BCUT2D eigenvalue weighted by Crippen LogP contribution is 2.08. The second-order valence-corrected chi connectivity index (χ2v) is 4.71. The second kappa shape index (κ2) is 12.0. The van der Waals surface area contributed by atoms with E-state index in [2.05, 4.69) is 16.7 Å². The number of nitrogens with zero attached hydrogens (tertiary/aromatic N) is 1. The molecule has 5 nitrogen and oxygen atoms in total. The van der Waals surface area contributed by atoms with E-state index in [0.29, 0.717) is 13.0 Å². The van der Waals surface area contributed by atoms with Crippen LogP contribution >= 0.6 is 0 Å². The van der Waals surface area contributed by atoms with Crippen molar-refractivity contribution < 1.29 is 19.4 Å². The molecule has 5 heteroatoms. The highest BCUT2D eigenvalue weighted by atomic mass is 17.2. The molecule has 0 saturated carbocycles. The monoisotopic (exact) mass is 273 g/mol. The number of rotatable bonds is 11. The van der Waals surface area contributed by atoms with Crippen molar-refractivity contribution in [3.05, 3.63) is 0 Å². The third-order valence-corrected chi connectivity index (χ3v) is 3.00. The number of hydrogen-bond donors (Lipinski definition) is 0. The molecule has 0 unspecified atom stereocenters. The van der Waals surface area contributed by atoms with Crippen LogP contribution in [-0.2, 0) is 19.4 Å². The van der Waals surface area contributed by atoms with Gasteiger partial charge in [0, 0.05) is 20.0 Å². The first-order valence-corrected chi connectivity index (χ1v) is 7.09. The van der Waals surface area contributed by atoms with E-state index >= 15 is 0 Å². The largest absolute Gasteiger partial charge is 0.345 e. The van der Waals surface area contributed by atoms with Gasteiger partial charge in [-0.3, -0.25) is 9.68 Å². The van der Waals surface area contributed by atoms with Gasteiger partial charge in [-0.25, -0.2) is 4.79 Å². The maximum Gasteiger partial charge on any atom is 0.344 e. The van der Waals surface area contributed by atoms with Crippen molar-refractivity contribution in [2.75, 3.05) is 20.7 Å². The molecule has 1 amide bonds. The molecule has 0 radical (unpaired) electrons. The molecule has 0 saturated heterocycles. The minimum Gasteiger partial charge on any atom is -0.345 e. The van der Waals surface area contributed by atoms with Crippen LogP contribution in [0.1, 0.15) is 58.3 Å². The highest BCUT2D eigenvalue weighted by molar-refractivity contribution is 5.76. The van der Waals surface area contributed by atoms with Crippen molar-refractivity contribution in [1.82, 2.24) is 4.90 Å². The molecule has 112 valence electrons. The minimum atomic E-state index is -0.457. The van der Waals surface area contributed by atoms with Crippen LogP contribution in [0.15, 0.2) is 0 Å². The first-order valence-electron chi connectivity index (χ1n) is 7.09. The van der Waals surface area contributed by atoms with E-state index in [1.807, 2.05) is 0 Å². The van der Waals surface area contributed by atoms with Crippen LogP contribution in [0.4, 0.5) is 0 Å². The van der Waals surface area contributed by atoms with Gasteiger partial charge in [-0.15, -0.1) is 0 Å². The molecule has 0 N–H and O–H groups in total. The number of unbranched alkanes of at least 4 members (excludes halogenated alkanes) is 5. The van der Waals surface area contributed by atoms with Gasteiger partial charge in [0.25, 0.3) is 0 Å². The Balaban J connectivity index is 3.56. The summed E-state index contributed by atoms with van der Waals surface area (Å²) in [6.07, 6.45) is 7.71. The predicted octanol–water partition coefficient (Wildman–Crippen LogP) is 2.69. The fourth-order valence-electron chi connectivity index (χ4n) is 1.77. The molecule has 0 atom stereocenters. The Bertz CT molecular complexity index is 256. The van der Waals surface area contributed by atoms with E-state index in [4.69, 9.17) is 0 Å². The molecule has 0 aliphatic heterocycles. The van der Waals surface area contributed by atoms with E-state index in [9.17, 15) is 9.59 Å². The van der Waals surface area contributed by atoms with Crippen molar-refractivity contribution in [3.63, 3.8) is 0 Å². The van der Waals surface area contributed by atoms with Gasteiger partial charge in [0.15, 0.2) is 0 Å². The predicted molar refractivity (Wildman–Crippen MR) is 73.3 cm³/mol. The van der Waals surface area contributed by atoms with Crippen LogP contribution in [0.25, 0.3) is 0 Å². The Morgan fingerprint density at radius 3 is 2.26 bits per heavy atom. The molecule has 0 aliphatic carbocycles. The first kappa shape index (κ1) is 17.9. The van der Waals surface area contributed by atoms with Gasteiger partial charge in [0.2, 0.25) is 5.91 Å². The van der Waals surface area contributed by atoms with Crippen LogP contribution < -0.4 is 0 Å². The number of carbonyl (C=O) groups is 2. The highest BCUT2D eigenvalue weighted by Gasteiger charge is 2.11. The van der Waals surface area contributed by atoms with Gasteiger partial charge in [0.1, 0.15) is 0 Å². The Morgan fingerprint density at radius 1 is 1.00 bits per heavy atom. The lowest BCUT2D eigenvalue weighted by molar-refractivity contribution is -0.255. The van der Waals surface area contributed by atoms with Crippen molar-refractivity contribution in [1.29, 1.82) is 0 Å². The van der Waals surface area contributed by atoms with E-state index in [-0.39, 0.29) is 12.3 Å². The topological polar surface area (TPSA) is 55.8 Å². The molecule has 0 spiro atoms. The molecule has 0 aromatic carbocycles. The summed E-state index contributed by atoms with van der Waals surface area (Å²) in [7, 11) is 2.99. The lowest BCUT2D eigenvalue weighted by atomic mass is 10.1. The van der Waals surface area contributed by atoms with Gasteiger partial charge in [-0.1, -0.05) is 39.0 Å². The maximum atomic E-state index is 11.7. The van der Waals surface area contributed by atoms with Crippen LogP contribution in [0.3, 0.4) is 0 Å². The maximum absolute atomic E-state index is 11.7. The summed E-state index contributed by atoms with van der Waals surface area (Å²) in [6.45, 7) is 2.56. The Labute approximate surface area is 116 Å². The molecule has 19 heavy (non-hydrogen) atoms. The summed E-state index contributed by atoms with van der Waals surface area (Å²) in [5.74, 6) is -0.373. The molecule has 0 heterocycles. The summed E-state index contributed by atoms with van der Waals surface area (Å²) in [4.78, 5) is 32.9. The van der Waals surface area contributed by atoms with Gasteiger partial charge < -0.3 is 4.90 Å². The Kier molecular flexibility index (Phi) is 11.3. The van der Waals surface area contributed by atoms with Crippen molar-refractivity contribution >= 4 is 11.9 Å². The quantitative estimate of drug-likeness (QED) is 0.330. The van der Waals surface area contributed by atoms with Crippen molar-refractivity contribution in [2.45, 2.75) is 58.3 Å². The molecular formula is C14H27NO4. The molecular weight excluding hydrogens is 246 g/mol. The number of amides is 1. The molecule has 0 aliphatic rings. The third-order valence-electron chi connectivity index (χ3n) is 3.00. The molecule has 0 aromatic rings. The first-order chi connectivity index (χ1) is 9.11. The van der Waals surface area contributed by atoms with Crippen LogP contribution in [0.5, 0.6) is 0 Å². The minimum absolute atomic E-state index is 0.0840. The lowest BCUT2D eigenvalue weighted by Crippen LogP contribution is -2.29. The third kappa shape index (κ3) is 10.5. The Morgan fingerprint density at radius 2 is 1.63 bits per heavy atom. The molecule has 0 bridgehead atoms. The van der Waals surface area contributed by atoms with E-state index in [1.54, 1.807) is 11.9 Å². The van der Waals surface area contributed by atoms with Gasteiger partial charge >= 0.3 is 5.97 Å². The number of hydrogen-bond acceptors (Lipinski definition) is 4. The van der Waals surface area contributed by atoms with Crippen molar-refractivity contribution in [2.24, 2.45) is 0 Å². The zero-order valence-corrected chi connectivity index (χ0v) is 12.4. The summed E-state index contributed by atoms with van der Waals surface area (Å²) >= 11 is 0. The van der Waals surface area contributed by atoms with E-state index in [0.717, 1.165) is 12.8 Å². The van der Waals surface area contributed by atoms with Crippen LogP contribution in [0.2, 0.25) is 0 Å². The van der Waals surface area contributed by atoms with Crippen molar-refractivity contribution in [3.8, 4) is 0 Å². The van der Waals surface area contributed by atoms with E-state index < -0.39 is 5.97 Å². The van der Waals surface area contributed by atoms with Gasteiger partial charge in [0.05, 0.1) is 13.5 Å². The van der Waals surface area contributed by atoms with E-state index in [1.165, 1.54) is 32.8 Å². The molecule has 0 fully saturated rings. The van der Waals surface area contributed by atoms with Crippen LogP contribution in [0, 0.1) is 0 Å². The Hall–Kier alpha value is -1.10. The van der Waals surface area contributed by atoms with Crippen LogP contribution in [-0.4, -0.2) is 37.5 Å². The average Bonchev–Trinajstić information content (AvgIpc) is 2.40. The zero-order valence-electron chi connectivity index (χ0n) is 12.4. The molecule has 0 rings (SSSR count). The molecule has 0 aromatic heterocycles. The SMILES string of the molecule is CCCCCCCCC(=O)N(C)CCC(=O)OOC. The normalized spacial score (nSPS) is 10.3. The zero-order chi connectivity index (χ0) is 14.5. The fourth-order valence-corrected chi connectivity index (χ4v) is 1.77. The number of carbonyl (C=O) groups excluding carboxylic acids is 2. The second-order valence-electron chi connectivity index (χ2n) is 4.71. The summed E-state index contributed by atoms with van der Waals surface area (Å²) in [5.41, 5.74) is 0.